The van der Waals surface area contributed by atoms with Gasteiger partial charge in [0, 0.05) is 0 Å². The van der Waals surface area contributed by atoms with E-state index in [2.05, 4.69) is 27.7 Å². The summed E-state index contributed by atoms with van der Waals surface area (Å²) in [5, 5.41) is 10.1. The van der Waals surface area contributed by atoms with Crippen LogP contribution >= 0.6 is 0 Å². The summed E-state index contributed by atoms with van der Waals surface area (Å²) in [5.74, 6) is 4.40. The molecule has 0 heterocycles. The molecule has 2 rings (SSSR count). The zero-order valence-electron chi connectivity index (χ0n) is 9.20. The van der Waals surface area contributed by atoms with Crippen LogP contribution in [-0.4, -0.2) is 11.2 Å². The molecule has 1 heteroatoms. The van der Waals surface area contributed by atoms with Crippen molar-refractivity contribution < 1.29 is 5.11 Å². The Morgan fingerprint density at radius 3 is 2.38 bits per heavy atom. The van der Waals surface area contributed by atoms with Crippen molar-refractivity contribution in [3.63, 3.8) is 0 Å². The zero-order valence-corrected chi connectivity index (χ0v) is 9.20. The van der Waals surface area contributed by atoms with E-state index >= 15 is 0 Å². The van der Waals surface area contributed by atoms with Crippen molar-refractivity contribution in [3.05, 3.63) is 0 Å². The van der Waals surface area contributed by atoms with Crippen molar-refractivity contribution in [2.45, 2.75) is 40.2 Å². The van der Waals surface area contributed by atoms with E-state index in [0.717, 1.165) is 17.8 Å². The van der Waals surface area contributed by atoms with Crippen molar-refractivity contribution in [1.29, 1.82) is 0 Å². The molecular weight excluding hydrogens is 160 g/mol. The molecule has 0 aromatic heterocycles. The highest BCUT2D eigenvalue weighted by Crippen LogP contribution is 2.60. The lowest BCUT2D eigenvalue weighted by atomic mass is 9.74. The minimum atomic E-state index is -0.0359. The highest BCUT2D eigenvalue weighted by Gasteiger charge is 2.57. The maximum atomic E-state index is 10.1. The summed E-state index contributed by atoms with van der Waals surface area (Å²) in [6, 6.07) is 0. The quantitative estimate of drug-likeness (QED) is 0.660. The third-order valence-electron chi connectivity index (χ3n) is 4.47. The predicted octanol–water partition coefficient (Wildman–Crippen LogP) is 2.54. The normalized spacial score (nSPS) is 54.9. The zero-order chi connectivity index (χ0) is 9.75. The molecule has 1 N–H and O–H groups in total. The average molecular weight is 182 g/mol. The first-order chi connectivity index (χ1) is 6.04. The second kappa shape index (κ2) is 2.98. The monoisotopic (exact) mass is 182 g/mol. The van der Waals surface area contributed by atoms with E-state index in [1.54, 1.807) is 0 Å². The van der Waals surface area contributed by atoms with Crippen molar-refractivity contribution in [2.75, 3.05) is 0 Å². The summed E-state index contributed by atoms with van der Waals surface area (Å²) >= 11 is 0. The Morgan fingerprint density at radius 1 is 1.23 bits per heavy atom. The summed E-state index contributed by atoms with van der Waals surface area (Å²) in [6.07, 6.45) is 1.22. The van der Waals surface area contributed by atoms with Crippen LogP contribution < -0.4 is 0 Å². The smallest absolute Gasteiger partial charge is 0.0599 e. The van der Waals surface area contributed by atoms with Gasteiger partial charge in [-0.3, -0.25) is 0 Å². The molecule has 0 aromatic carbocycles. The maximum Gasteiger partial charge on any atom is 0.0599 e. The van der Waals surface area contributed by atoms with Crippen LogP contribution in [0.1, 0.15) is 34.1 Å². The second-order valence-electron chi connectivity index (χ2n) is 5.63. The van der Waals surface area contributed by atoms with Crippen LogP contribution in [0.5, 0.6) is 0 Å². The number of hydrogen-bond acceptors (Lipinski definition) is 1. The summed E-state index contributed by atoms with van der Waals surface area (Å²) in [7, 11) is 0. The molecule has 0 aromatic rings. The number of hydrogen-bond donors (Lipinski definition) is 1. The van der Waals surface area contributed by atoms with Crippen molar-refractivity contribution in [2.24, 2.45) is 35.5 Å². The fraction of sp³-hybridized carbons (Fsp3) is 1.00. The van der Waals surface area contributed by atoms with E-state index < -0.39 is 0 Å². The van der Waals surface area contributed by atoms with Gasteiger partial charge in [-0.2, -0.15) is 0 Å². The predicted molar refractivity (Wildman–Crippen MR) is 54.3 cm³/mol. The second-order valence-corrected chi connectivity index (χ2v) is 5.63. The molecule has 6 atom stereocenters. The van der Waals surface area contributed by atoms with Gasteiger partial charge in [-0.05, 0) is 41.9 Å². The SMILES string of the molecule is CC(C)C1C(O)C(C)C[C@H]2C(C)C12. The Labute approximate surface area is 81.5 Å². The molecule has 0 saturated heterocycles. The average Bonchev–Trinajstić information content (AvgIpc) is 2.63. The molecule has 76 valence electrons. The van der Waals surface area contributed by atoms with E-state index in [4.69, 9.17) is 0 Å². The van der Waals surface area contributed by atoms with Crippen LogP contribution in [0.25, 0.3) is 0 Å². The first-order valence-corrected chi connectivity index (χ1v) is 5.72. The lowest BCUT2D eigenvalue weighted by molar-refractivity contribution is -0.00274. The highest BCUT2D eigenvalue weighted by atomic mass is 16.3. The van der Waals surface area contributed by atoms with Crippen LogP contribution in [0.2, 0.25) is 0 Å². The molecule has 5 unspecified atom stereocenters. The molecule has 2 aliphatic rings. The Kier molecular flexibility index (Phi) is 2.18. The summed E-state index contributed by atoms with van der Waals surface area (Å²) in [5.41, 5.74) is 0. The van der Waals surface area contributed by atoms with Gasteiger partial charge in [0.25, 0.3) is 0 Å². The van der Waals surface area contributed by atoms with Crippen LogP contribution in [-0.2, 0) is 0 Å². The first kappa shape index (κ1) is 9.51. The van der Waals surface area contributed by atoms with Crippen LogP contribution in [0.3, 0.4) is 0 Å². The topological polar surface area (TPSA) is 20.2 Å². The third-order valence-corrected chi connectivity index (χ3v) is 4.47. The minimum Gasteiger partial charge on any atom is -0.393 e. The summed E-state index contributed by atoms with van der Waals surface area (Å²) in [6.45, 7) is 9.08. The van der Waals surface area contributed by atoms with Crippen LogP contribution in [0, 0.1) is 35.5 Å². The summed E-state index contributed by atoms with van der Waals surface area (Å²) in [4.78, 5) is 0. The lowest BCUT2D eigenvalue weighted by Gasteiger charge is -2.35. The van der Waals surface area contributed by atoms with E-state index in [1.165, 1.54) is 6.42 Å². The van der Waals surface area contributed by atoms with Gasteiger partial charge in [-0.15, -0.1) is 0 Å². The molecule has 2 aliphatic carbocycles. The van der Waals surface area contributed by atoms with Gasteiger partial charge in [-0.1, -0.05) is 27.7 Å². The Morgan fingerprint density at radius 2 is 1.85 bits per heavy atom. The minimum absolute atomic E-state index is 0.0359. The molecule has 2 fully saturated rings. The number of rotatable bonds is 1. The van der Waals surface area contributed by atoms with Gasteiger partial charge in [-0.25, -0.2) is 0 Å². The van der Waals surface area contributed by atoms with Crippen molar-refractivity contribution in [3.8, 4) is 0 Å². The largest absolute Gasteiger partial charge is 0.393 e. The molecule has 0 spiro atoms. The highest BCUT2D eigenvalue weighted by molar-refractivity contribution is 5.05. The van der Waals surface area contributed by atoms with Gasteiger partial charge in [0.2, 0.25) is 0 Å². The maximum absolute atomic E-state index is 10.1. The first-order valence-electron chi connectivity index (χ1n) is 5.72. The molecule has 0 radical (unpaired) electrons. The van der Waals surface area contributed by atoms with Crippen LogP contribution in [0.15, 0.2) is 0 Å². The van der Waals surface area contributed by atoms with Gasteiger partial charge in [0.15, 0.2) is 0 Å². The molecular formula is C12H22O. The Bertz CT molecular complexity index is 193. The number of aliphatic hydroxyl groups is 1. The Balaban J connectivity index is 2.13. The van der Waals surface area contributed by atoms with E-state index in [0.29, 0.717) is 17.8 Å². The van der Waals surface area contributed by atoms with Gasteiger partial charge >= 0.3 is 0 Å². The third kappa shape index (κ3) is 1.32. The number of aliphatic hydroxyl groups excluding tert-OH is 1. The molecule has 13 heavy (non-hydrogen) atoms. The van der Waals surface area contributed by atoms with Gasteiger partial charge in [0.1, 0.15) is 0 Å². The lowest BCUT2D eigenvalue weighted by Crippen LogP contribution is -2.36. The molecule has 2 saturated carbocycles. The molecule has 1 nitrogen and oxygen atoms in total. The van der Waals surface area contributed by atoms with Crippen molar-refractivity contribution >= 4 is 0 Å². The Hall–Kier alpha value is -0.0400. The van der Waals surface area contributed by atoms with Crippen LogP contribution in [0.4, 0.5) is 0 Å². The molecule has 0 aliphatic heterocycles. The van der Waals surface area contributed by atoms with E-state index in [-0.39, 0.29) is 6.10 Å². The van der Waals surface area contributed by atoms with Gasteiger partial charge in [0.05, 0.1) is 6.10 Å². The summed E-state index contributed by atoms with van der Waals surface area (Å²) < 4.78 is 0. The fourth-order valence-electron chi connectivity index (χ4n) is 3.60. The molecule has 0 amide bonds. The standard InChI is InChI=1S/C12H22O/c1-6(2)10-11-8(4)9(11)5-7(3)12(10)13/h6-13H,5H2,1-4H3/t7?,8?,9-,10?,11?,12?/m0/s1. The fourth-order valence-corrected chi connectivity index (χ4v) is 3.60. The van der Waals surface area contributed by atoms with Crippen molar-refractivity contribution in [1.82, 2.24) is 0 Å². The van der Waals surface area contributed by atoms with Gasteiger partial charge < -0.3 is 5.11 Å². The van der Waals surface area contributed by atoms with E-state index in [9.17, 15) is 5.11 Å². The molecule has 0 bridgehead atoms. The van der Waals surface area contributed by atoms with E-state index in [1.807, 2.05) is 0 Å². The number of fused-ring (bicyclic) bond motifs is 1.